The summed E-state index contributed by atoms with van der Waals surface area (Å²) in [5, 5.41) is 2.98. The van der Waals surface area contributed by atoms with Gasteiger partial charge in [0, 0.05) is 6.04 Å². The summed E-state index contributed by atoms with van der Waals surface area (Å²) in [6.07, 6.45) is 4.30. The van der Waals surface area contributed by atoms with Crippen molar-refractivity contribution in [2.45, 2.75) is 51.6 Å². The Morgan fingerprint density at radius 2 is 2.31 bits per heavy atom. The normalized spacial score (nSPS) is 28.2. The third kappa shape index (κ3) is 2.99. The zero-order chi connectivity index (χ0) is 9.84. The van der Waals surface area contributed by atoms with Crippen molar-refractivity contribution in [2.75, 3.05) is 0 Å². The van der Waals surface area contributed by atoms with E-state index in [2.05, 4.69) is 12.2 Å². The van der Waals surface area contributed by atoms with E-state index in [0.717, 1.165) is 18.8 Å². The number of rotatable bonds is 5. The number of nitrogens with one attached hydrogen (secondary N) is 1. The summed E-state index contributed by atoms with van der Waals surface area (Å²) in [6, 6.07) is 0.105. The monoisotopic (exact) mass is 184 g/mol. The Kier molecular flexibility index (Phi) is 3.72. The van der Waals surface area contributed by atoms with Gasteiger partial charge in [0.15, 0.2) is 0 Å². The number of carbonyl (C=O) groups excluding carboxylic acids is 1. The van der Waals surface area contributed by atoms with Crippen molar-refractivity contribution < 1.29 is 4.79 Å². The third-order valence-corrected chi connectivity index (χ3v) is 2.69. The molecule has 1 aliphatic rings. The highest BCUT2D eigenvalue weighted by Crippen LogP contribution is 2.34. The highest BCUT2D eigenvalue weighted by Gasteiger charge is 2.37. The van der Waals surface area contributed by atoms with Gasteiger partial charge in [-0.15, -0.1) is 0 Å². The third-order valence-electron chi connectivity index (χ3n) is 2.69. The Labute approximate surface area is 80.1 Å². The molecule has 0 heterocycles. The van der Waals surface area contributed by atoms with Crippen molar-refractivity contribution in [3.63, 3.8) is 0 Å². The Bertz CT molecular complexity index is 182. The van der Waals surface area contributed by atoms with Crippen LogP contribution in [0.1, 0.15) is 39.5 Å². The van der Waals surface area contributed by atoms with Gasteiger partial charge in [-0.3, -0.25) is 4.79 Å². The van der Waals surface area contributed by atoms with Gasteiger partial charge in [0.2, 0.25) is 5.91 Å². The van der Waals surface area contributed by atoms with E-state index in [1.54, 1.807) is 0 Å². The molecular weight excluding hydrogens is 164 g/mol. The van der Waals surface area contributed by atoms with E-state index in [4.69, 9.17) is 5.73 Å². The van der Waals surface area contributed by atoms with Crippen LogP contribution in [0.4, 0.5) is 0 Å². The van der Waals surface area contributed by atoms with Crippen molar-refractivity contribution in [1.29, 1.82) is 0 Å². The summed E-state index contributed by atoms with van der Waals surface area (Å²) in [5.74, 6) is 0.740. The molecule has 2 unspecified atom stereocenters. The number of nitrogens with two attached hydrogens (primary N) is 1. The molecule has 1 fully saturated rings. The number of hydrogen-bond acceptors (Lipinski definition) is 2. The fourth-order valence-corrected chi connectivity index (χ4v) is 1.59. The van der Waals surface area contributed by atoms with Crippen LogP contribution in [0.2, 0.25) is 0 Å². The molecule has 0 radical (unpaired) electrons. The lowest BCUT2D eigenvalue weighted by atomic mass is 10.2. The molecule has 3 nitrogen and oxygen atoms in total. The first kappa shape index (κ1) is 10.5. The van der Waals surface area contributed by atoms with Crippen molar-refractivity contribution in [3.8, 4) is 0 Å². The average molecular weight is 184 g/mol. The van der Waals surface area contributed by atoms with Crippen LogP contribution in [0.25, 0.3) is 0 Å². The SMILES string of the molecule is CCCC1CC1NC(=O)[C@H](N)CC. The summed E-state index contributed by atoms with van der Waals surface area (Å²) in [6.45, 7) is 4.11. The summed E-state index contributed by atoms with van der Waals surface area (Å²) in [4.78, 5) is 11.3. The van der Waals surface area contributed by atoms with Crippen LogP contribution in [0.3, 0.4) is 0 Å². The molecule has 3 N–H and O–H groups in total. The molecule has 0 aliphatic heterocycles. The maximum Gasteiger partial charge on any atom is 0.237 e. The van der Waals surface area contributed by atoms with Crippen molar-refractivity contribution in [3.05, 3.63) is 0 Å². The number of amides is 1. The fourth-order valence-electron chi connectivity index (χ4n) is 1.59. The molecule has 1 aliphatic carbocycles. The largest absolute Gasteiger partial charge is 0.352 e. The molecule has 3 heteroatoms. The smallest absolute Gasteiger partial charge is 0.237 e. The molecule has 1 rings (SSSR count). The van der Waals surface area contributed by atoms with E-state index < -0.39 is 0 Å². The van der Waals surface area contributed by atoms with Crippen LogP contribution < -0.4 is 11.1 Å². The van der Waals surface area contributed by atoms with Gasteiger partial charge in [-0.2, -0.15) is 0 Å². The Morgan fingerprint density at radius 3 is 2.85 bits per heavy atom. The lowest BCUT2D eigenvalue weighted by Gasteiger charge is -2.09. The van der Waals surface area contributed by atoms with Gasteiger partial charge in [0.25, 0.3) is 0 Å². The van der Waals surface area contributed by atoms with Crippen LogP contribution in [-0.2, 0) is 4.79 Å². The maximum absolute atomic E-state index is 11.3. The molecule has 1 amide bonds. The molecule has 0 bridgehead atoms. The first-order valence-electron chi connectivity index (χ1n) is 5.25. The molecule has 3 atom stereocenters. The van der Waals surface area contributed by atoms with Crippen LogP contribution in [0.5, 0.6) is 0 Å². The highest BCUT2D eigenvalue weighted by molar-refractivity contribution is 5.81. The van der Waals surface area contributed by atoms with E-state index >= 15 is 0 Å². The lowest BCUT2D eigenvalue weighted by Crippen LogP contribution is -2.41. The van der Waals surface area contributed by atoms with Crippen LogP contribution in [0.15, 0.2) is 0 Å². The molecule has 13 heavy (non-hydrogen) atoms. The van der Waals surface area contributed by atoms with E-state index in [9.17, 15) is 4.79 Å². The molecular formula is C10H20N2O. The zero-order valence-electron chi connectivity index (χ0n) is 8.55. The zero-order valence-corrected chi connectivity index (χ0v) is 8.55. The molecule has 1 saturated carbocycles. The topological polar surface area (TPSA) is 55.1 Å². The molecule has 0 spiro atoms. The quantitative estimate of drug-likeness (QED) is 0.670. The minimum atomic E-state index is -0.317. The fraction of sp³-hybridized carbons (Fsp3) is 0.900. The molecule has 0 saturated heterocycles. The first-order chi connectivity index (χ1) is 6.19. The number of hydrogen-bond donors (Lipinski definition) is 2. The first-order valence-corrected chi connectivity index (χ1v) is 5.25. The van der Waals surface area contributed by atoms with E-state index in [1.165, 1.54) is 12.8 Å². The van der Waals surface area contributed by atoms with Gasteiger partial charge in [0.05, 0.1) is 6.04 Å². The lowest BCUT2D eigenvalue weighted by molar-refractivity contribution is -0.122. The molecule has 0 aromatic heterocycles. The van der Waals surface area contributed by atoms with E-state index in [0.29, 0.717) is 6.04 Å². The van der Waals surface area contributed by atoms with Gasteiger partial charge >= 0.3 is 0 Å². The van der Waals surface area contributed by atoms with Gasteiger partial charge in [0.1, 0.15) is 0 Å². The minimum Gasteiger partial charge on any atom is -0.352 e. The van der Waals surface area contributed by atoms with Crippen LogP contribution in [-0.4, -0.2) is 18.0 Å². The Hall–Kier alpha value is -0.570. The highest BCUT2D eigenvalue weighted by atomic mass is 16.2. The number of carbonyl (C=O) groups is 1. The summed E-state index contributed by atoms with van der Waals surface area (Å²) in [5.41, 5.74) is 5.60. The van der Waals surface area contributed by atoms with E-state index in [-0.39, 0.29) is 11.9 Å². The van der Waals surface area contributed by atoms with Gasteiger partial charge < -0.3 is 11.1 Å². The van der Waals surface area contributed by atoms with E-state index in [1.807, 2.05) is 6.92 Å². The second kappa shape index (κ2) is 4.61. The van der Waals surface area contributed by atoms with Crippen molar-refractivity contribution in [1.82, 2.24) is 5.32 Å². The van der Waals surface area contributed by atoms with Gasteiger partial charge in [-0.05, 0) is 25.2 Å². The molecule has 0 aromatic rings. The molecule has 76 valence electrons. The Morgan fingerprint density at radius 1 is 1.62 bits per heavy atom. The van der Waals surface area contributed by atoms with Crippen molar-refractivity contribution >= 4 is 5.91 Å². The van der Waals surface area contributed by atoms with Gasteiger partial charge in [-0.1, -0.05) is 20.3 Å². The predicted molar refractivity (Wildman–Crippen MR) is 53.2 cm³/mol. The Balaban J connectivity index is 2.16. The summed E-state index contributed by atoms with van der Waals surface area (Å²) >= 11 is 0. The maximum atomic E-state index is 11.3. The average Bonchev–Trinajstić information content (AvgIpc) is 2.83. The summed E-state index contributed by atoms with van der Waals surface area (Å²) in [7, 11) is 0. The van der Waals surface area contributed by atoms with Gasteiger partial charge in [-0.25, -0.2) is 0 Å². The second-order valence-corrected chi connectivity index (χ2v) is 3.91. The molecule has 0 aromatic carbocycles. The standard InChI is InChI=1S/C10H20N2O/c1-3-5-7-6-9(7)12-10(13)8(11)4-2/h7-9H,3-6,11H2,1-2H3,(H,12,13)/t7?,8-,9?/m1/s1. The van der Waals surface area contributed by atoms with Crippen LogP contribution >= 0.6 is 0 Å². The van der Waals surface area contributed by atoms with Crippen molar-refractivity contribution in [2.24, 2.45) is 11.7 Å². The summed E-state index contributed by atoms with van der Waals surface area (Å²) < 4.78 is 0. The second-order valence-electron chi connectivity index (χ2n) is 3.91. The van der Waals surface area contributed by atoms with Crippen LogP contribution in [0, 0.1) is 5.92 Å². The minimum absolute atomic E-state index is 0.0195. The predicted octanol–water partition coefficient (Wildman–Crippen LogP) is 1.03.